The lowest BCUT2D eigenvalue weighted by Crippen LogP contribution is -2.63. The van der Waals surface area contributed by atoms with Crippen molar-refractivity contribution in [3.8, 4) is 0 Å². The van der Waals surface area contributed by atoms with Gasteiger partial charge in [-0.05, 0) is 13.8 Å². The highest BCUT2D eigenvalue weighted by molar-refractivity contribution is 4.91. The Hall–Kier alpha value is -0.280. The normalized spacial score (nSPS) is 39.0. The number of rotatable bonds is 4. The number of aliphatic hydroxyl groups is 4. The molecule has 0 radical (unpaired) electrons. The summed E-state index contributed by atoms with van der Waals surface area (Å²) in [6.07, 6.45) is -5.90. The van der Waals surface area contributed by atoms with Crippen LogP contribution in [0.3, 0.4) is 0 Å². The van der Waals surface area contributed by atoms with Gasteiger partial charge in [0.25, 0.3) is 0 Å². The van der Waals surface area contributed by atoms with Gasteiger partial charge in [0.1, 0.15) is 24.4 Å². The summed E-state index contributed by atoms with van der Waals surface area (Å²) in [5.41, 5.74) is 0. The van der Waals surface area contributed by atoms with Gasteiger partial charge in [-0.3, -0.25) is 4.84 Å². The van der Waals surface area contributed by atoms with Gasteiger partial charge in [-0.2, -0.15) is 5.06 Å². The zero-order chi connectivity index (χ0) is 13.2. The van der Waals surface area contributed by atoms with Gasteiger partial charge in [0.15, 0.2) is 6.23 Å². The fraction of sp³-hybridized carbons (Fsp3) is 1.00. The standard InChI is InChI=1S/C10H21NO6/c1-5(2)11(16-3)10-9(15)8(14)7(13)6(4-12)17-10/h5-10,12-15H,4H2,1-3H3/t6?,7-,8-,9?,10?/m0/s1. The fourth-order valence-corrected chi connectivity index (χ4v) is 1.90. The minimum atomic E-state index is -1.39. The van der Waals surface area contributed by atoms with Crippen molar-refractivity contribution in [3.63, 3.8) is 0 Å². The number of nitrogens with zero attached hydrogens (tertiary/aromatic N) is 1. The topological polar surface area (TPSA) is 103 Å². The molecule has 1 heterocycles. The average molecular weight is 251 g/mol. The Bertz CT molecular complexity index is 237. The van der Waals surface area contributed by atoms with Crippen molar-refractivity contribution in [1.82, 2.24) is 5.06 Å². The molecule has 7 heteroatoms. The molecule has 0 spiro atoms. The number of ether oxygens (including phenoxy) is 1. The van der Waals surface area contributed by atoms with Crippen molar-refractivity contribution in [2.75, 3.05) is 13.7 Å². The van der Waals surface area contributed by atoms with Crippen LogP contribution in [0.2, 0.25) is 0 Å². The third kappa shape index (κ3) is 2.94. The van der Waals surface area contributed by atoms with Crippen molar-refractivity contribution < 1.29 is 30.0 Å². The molecule has 1 fully saturated rings. The highest BCUT2D eigenvalue weighted by atomic mass is 16.7. The highest BCUT2D eigenvalue weighted by Gasteiger charge is 2.46. The Morgan fingerprint density at radius 3 is 2.18 bits per heavy atom. The zero-order valence-corrected chi connectivity index (χ0v) is 10.2. The van der Waals surface area contributed by atoms with E-state index in [1.54, 1.807) is 0 Å². The molecule has 1 aliphatic heterocycles. The lowest BCUT2D eigenvalue weighted by Gasteiger charge is -2.44. The smallest absolute Gasteiger partial charge is 0.162 e. The molecule has 1 rings (SSSR count). The summed E-state index contributed by atoms with van der Waals surface area (Å²) in [6, 6.07) is -0.0959. The van der Waals surface area contributed by atoms with Crippen LogP contribution in [0.15, 0.2) is 0 Å². The molecule has 0 aromatic heterocycles. The molecule has 7 nitrogen and oxygen atoms in total. The molecule has 0 saturated carbocycles. The quantitative estimate of drug-likeness (QED) is 0.431. The second kappa shape index (κ2) is 6.05. The second-order valence-electron chi connectivity index (χ2n) is 4.36. The van der Waals surface area contributed by atoms with E-state index in [1.165, 1.54) is 12.2 Å². The summed E-state index contributed by atoms with van der Waals surface area (Å²) < 4.78 is 5.34. The van der Waals surface area contributed by atoms with Crippen LogP contribution in [-0.2, 0) is 9.57 Å². The minimum absolute atomic E-state index is 0.0959. The molecule has 3 unspecified atom stereocenters. The van der Waals surface area contributed by atoms with Gasteiger partial charge >= 0.3 is 0 Å². The largest absolute Gasteiger partial charge is 0.394 e. The Labute approximate surface area is 100 Å². The van der Waals surface area contributed by atoms with E-state index in [0.29, 0.717) is 0 Å². The van der Waals surface area contributed by atoms with Crippen LogP contribution in [0.5, 0.6) is 0 Å². The molecule has 0 aromatic carbocycles. The summed E-state index contributed by atoms with van der Waals surface area (Å²) in [4.78, 5) is 5.07. The predicted molar refractivity (Wildman–Crippen MR) is 57.8 cm³/mol. The monoisotopic (exact) mass is 251 g/mol. The van der Waals surface area contributed by atoms with Gasteiger partial charge in [0.05, 0.1) is 13.7 Å². The number of aliphatic hydroxyl groups excluding tert-OH is 4. The van der Waals surface area contributed by atoms with Gasteiger partial charge in [-0.25, -0.2) is 0 Å². The number of hydrogen-bond donors (Lipinski definition) is 4. The number of hydrogen-bond acceptors (Lipinski definition) is 7. The molecule has 102 valence electrons. The van der Waals surface area contributed by atoms with Crippen LogP contribution >= 0.6 is 0 Å². The molecular weight excluding hydrogens is 230 g/mol. The van der Waals surface area contributed by atoms with Gasteiger partial charge in [0.2, 0.25) is 0 Å². The van der Waals surface area contributed by atoms with Crippen LogP contribution in [0, 0.1) is 0 Å². The minimum Gasteiger partial charge on any atom is -0.394 e. The van der Waals surface area contributed by atoms with E-state index in [0.717, 1.165) is 0 Å². The van der Waals surface area contributed by atoms with Gasteiger partial charge in [0, 0.05) is 6.04 Å². The van der Waals surface area contributed by atoms with Crippen molar-refractivity contribution in [1.29, 1.82) is 0 Å². The molecule has 5 atom stereocenters. The molecule has 1 aliphatic rings. The van der Waals surface area contributed by atoms with Crippen LogP contribution in [0.25, 0.3) is 0 Å². The molecule has 0 bridgehead atoms. The second-order valence-corrected chi connectivity index (χ2v) is 4.36. The molecular formula is C10H21NO6. The third-order valence-electron chi connectivity index (χ3n) is 2.84. The Kier molecular flexibility index (Phi) is 5.26. The van der Waals surface area contributed by atoms with Crippen LogP contribution in [0.1, 0.15) is 13.8 Å². The van der Waals surface area contributed by atoms with Crippen LogP contribution in [0.4, 0.5) is 0 Å². The Morgan fingerprint density at radius 2 is 1.76 bits per heavy atom. The maximum atomic E-state index is 9.83. The lowest BCUT2D eigenvalue weighted by molar-refractivity contribution is -0.336. The molecule has 0 aliphatic carbocycles. The average Bonchev–Trinajstić information content (AvgIpc) is 2.29. The van der Waals surface area contributed by atoms with Crippen molar-refractivity contribution in [2.45, 2.75) is 50.5 Å². The van der Waals surface area contributed by atoms with Gasteiger partial charge in [-0.15, -0.1) is 0 Å². The molecule has 4 N–H and O–H groups in total. The first kappa shape index (κ1) is 14.8. The van der Waals surface area contributed by atoms with Crippen LogP contribution in [-0.4, -0.2) is 75.9 Å². The van der Waals surface area contributed by atoms with E-state index in [9.17, 15) is 15.3 Å². The summed E-state index contributed by atoms with van der Waals surface area (Å²) >= 11 is 0. The van der Waals surface area contributed by atoms with E-state index in [4.69, 9.17) is 14.7 Å². The van der Waals surface area contributed by atoms with E-state index in [2.05, 4.69) is 0 Å². The van der Waals surface area contributed by atoms with E-state index >= 15 is 0 Å². The highest BCUT2D eigenvalue weighted by Crippen LogP contribution is 2.24. The zero-order valence-electron chi connectivity index (χ0n) is 10.2. The first-order valence-corrected chi connectivity index (χ1v) is 5.57. The molecule has 0 amide bonds. The number of hydroxylamine groups is 2. The Balaban J connectivity index is 2.84. The van der Waals surface area contributed by atoms with Crippen molar-refractivity contribution in [2.24, 2.45) is 0 Å². The van der Waals surface area contributed by atoms with Gasteiger partial charge in [-0.1, -0.05) is 0 Å². The maximum Gasteiger partial charge on any atom is 0.162 e. The van der Waals surface area contributed by atoms with Crippen molar-refractivity contribution >= 4 is 0 Å². The summed E-state index contributed by atoms with van der Waals surface area (Å²) in [5, 5.41) is 39.5. The SMILES string of the molecule is CON(C(C)C)C1OC(CO)[C@H](O)[C@H](O)C1O. The first-order valence-electron chi connectivity index (χ1n) is 5.57. The third-order valence-corrected chi connectivity index (χ3v) is 2.84. The lowest BCUT2D eigenvalue weighted by atomic mass is 9.98. The Morgan fingerprint density at radius 1 is 1.18 bits per heavy atom. The maximum absolute atomic E-state index is 9.83. The van der Waals surface area contributed by atoms with Crippen molar-refractivity contribution in [3.05, 3.63) is 0 Å². The molecule has 17 heavy (non-hydrogen) atoms. The van der Waals surface area contributed by atoms with Crippen LogP contribution < -0.4 is 0 Å². The predicted octanol–water partition coefficient (Wildman–Crippen LogP) is -1.94. The molecule has 0 aromatic rings. The first-order chi connectivity index (χ1) is 7.93. The fourth-order valence-electron chi connectivity index (χ4n) is 1.90. The summed E-state index contributed by atoms with van der Waals surface area (Å²) in [7, 11) is 1.42. The van der Waals surface area contributed by atoms with E-state index < -0.39 is 37.3 Å². The summed E-state index contributed by atoms with van der Waals surface area (Å²) in [5.74, 6) is 0. The van der Waals surface area contributed by atoms with E-state index in [-0.39, 0.29) is 6.04 Å². The summed E-state index contributed by atoms with van der Waals surface area (Å²) in [6.45, 7) is 3.20. The van der Waals surface area contributed by atoms with E-state index in [1.807, 2.05) is 13.8 Å². The molecule has 1 saturated heterocycles. The van der Waals surface area contributed by atoms with Gasteiger partial charge < -0.3 is 25.2 Å².